The Morgan fingerprint density at radius 1 is 1.42 bits per heavy atom. The number of rotatable bonds is 5. The van der Waals surface area contributed by atoms with Crippen LogP contribution in [0.15, 0.2) is 30.5 Å². The number of nitrogens with one attached hydrogen (secondary N) is 1. The van der Waals surface area contributed by atoms with E-state index in [1.54, 1.807) is 0 Å². The second-order valence-corrected chi connectivity index (χ2v) is 4.76. The van der Waals surface area contributed by atoms with Crippen molar-refractivity contribution in [3.63, 3.8) is 0 Å². The Morgan fingerprint density at radius 3 is 3.21 bits per heavy atom. The van der Waals surface area contributed by atoms with Crippen molar-refractivity contribution in [2.45, 2.75) is 25.9 Å². The quantitative estimate of drug-likeness (QED) is 0.884. The molecule has 0 fully saturated rings. The van der Waals surface area contributed by atoms with Crippen molar-refractivity contribution < 1.29 is 4.74 Å². The Kier molecular flexibility index (Phi) is 3.46. The van der Waals surface area contributed by atoms with Crippen LogP contribution in [0.1, 0.15) is 24.1 Å². The van der Waals surface area contributed by atoms with Crippen LogP contribution >= 0.6 is 0 Å². The summed E-state index contributed by atoms with van der Waals surface area (Å²) >= 11 is 0. The molecule has 1 atom stereocenters. The molecule has 0 amide bonds. The molecular weight excluding hydrogens is 240 g/mol. The van der Waals surface area contributed by atoms with Gasteiger partial charge in [0.05, 0.1) is 18.8 Å². The van der Waals surface area contributed by atoms with Crippen LogP contribution in [-0.4, -0.2) is 28.1 Å². The Bertz CT molecular complexity index is 552. The molecule has 100 valence electrons. The first-order valence-corrected chi connectivity index (χ1v) is 6.68. The van der Waals surface area contributed by atoms with Crippen LogP contribution in [0.2, 0.25) is 0 Å². The lowest BCUT2D eigenvalue weighted by molar-refractivity contribution is 0.314. The molecule has 5 heteroatoms. The van der Waals surface area contributed by atoms with E-state index in [-0.39, 0.29) is 0 Å². The highest BCUT2D eigenvalue weighted by Gasteiger charge is 2.24. The van der Waals surface area contributed by atoms with Crippen LogP contribution in [0.25, 0.3) is 0 Å². The van der Waals surface area contributed by atoms with Gasteiger partial charge in [-0.05, 0) is 12.6 Å². The molecule has 1 N–H and O–H groups in total. The molecule has 0 saturated heterocycles. The summed E-state index contributed by atoms with van der Waals surface area (Å²) in [6.45, 7) is 5.33. The largest absolute Gasteiger partial charge is 0.493 e. The zero-order chi connectivity index (χ0) is 13.1. The molecule has 0 aliphatic carbocycles. The number of nitrogens with zero attached hydrogens (tertiary/aromatic N) is 3. The van der Waals surface area contributed by atoms with Crippen LogP contribution in [0, 0.1) is 0 Å². The highest BCUT2D eigenvalue weighted by atomic mass is 16.5. The standard InChI is InChI=1S/C14H18N4O/c1-2-15-7-12-9-18(17-16-12)8-11-10-19-14-6-4-3-5-13(11)14/h3-6,9,11,15H,2,7-8,10H2,1H3. The molecule has 0 saturated carbocycles. The normalized spacial score (nSPS) is 17.2. The number of fused-ring (bicyclic) bond motifs is 1. The lowest BCUT2D eigenvalue weighted by Gasteiger charge is -2.07. The van der Waals surface area contributed by atoms with E-state index in [4.69, 9.17) is 4.74 Å². The third kappa shape index (κ3) is 2.61. The molecule has 5 nitrogen and oxygen atoms in total. The van der Waals surface area contributed by atoms with E-state index >= 15 is 0 Å². The minimum atomic E-state index is 0.366. The second kappa shape index (κ2) is 5.40. The molecule has 1 aromatic heterocycles. The maximum atomic E-state index is 5.68. The molecular formula is C14H18N4O. The van der Waals surface area contributed by atoms with Crippen molar-refractivity contribution in [1.82, 2.24) is 20.3 Å². The van der Waals surface area contributed by atoms with Crippen molar-refractivity contribution in [1.29, 1.82) is 0 Å². The highest BCUT2D eigenvalue weighted by Crippen LogP contribution is 2.34. The fourth-order valence-electron chi connectivity index (χ4n) is 2.37. The zero-order valence-corrected chi connectivity index (χ0v) is 11.0. The van der Waals surface area contributed by atoms with Crippen molar-refractivity contribution in [3.05, 3.63) is 41.7 Å². The fraction of sp³-hybridized carbons (Fsp3) is 0.429. The molecule has 0 spiro atoms. The van der Waals surface area contributed by atoms with Crippen molar-refractivity contribution in [2.24, 2.45) is 0 Å². The summed E-state index contributed by atoms with van der Waals surface area (Å²) in [5, 5.41) is 11.6. The van der Waals surface area contributed by atoms with E-state index in [2.05, 4.69) is 34.7 Å². The second-order valence-electron chi connectivity index (χ2n) is 4.76. The topological polar surface area (TPSA) is 52.0 Å². The summed E-state index contributed by atoms with van der Waals surface area (Å²) in [4.78, 5) is 0. The average Bonchev–Trinajstić information content (AvgIpc) is 3.05. The Balaban J connectivity index is 1.68. The van der Waals surface area contributed by atoms with Crippen LogP contribution in [0.3, 0.4) is 0 Å². The molecule has 2 heterocycles. The number of aromatic nitrogens is 3. The van der Waals surface area contributed by atoms with Crippen LogP contribution in [0.5, 0.6) is 5.75 Å². The summed E-state index contributed by atoms with van der Waals surface area (Å²) in [6, 6.07) is 8.21. The van der Waals surface area contributed by atoms with Gasteiger partial charge < -0.3 is 10.1 Å². The summed E-state index contributed by atoms with van der Waals surface area (Å²) in [7, 11) is 0. The fourth-order valence-corrected chi connectivity index (χ4v) is 2.37. The minimum Gasteiger partial charge on any atom is -0.493 e. The lowest BCUT2D eigenvalue weighted by Crippen LogP contribution is -2.12. The van der Waals surface area contributed by atoms with Crippen LogP contribution < -0.4 is 10.1 Å². The predicted octanol–water partition coefficient (Wildman–Crippen LogP) is 1.56. The number of benzene rings is 1. The van der Waals surface area contributed by atoms with Gasteiger partial charge in [0, 0.05) is 24.2 Å². The number of hydrogen-bond donors (Lipinski definition) is 1. The van der Waals surface area contributed by atoms with E-state index in [9.17, 15) is 0 Å². The van der Waals surface area contributed by atoms with Crippen LogP contribution in [0.4, 0.5) is 0 Å². The molecule has 0 radical (unpaired) electrons. The zero-order valence-electron chi connectivity index (χ0n) is 11.0. The molecule has 3 rings (SSSR count). The summed E-state index contributed by atoms with van der Waals surface area (Å²) in [6.07, 6.45) is 2.00. The van der Waals surface area contributed by atoms with E-state index in [0.29, 0.717) is 5.92 Å². The minimum absolute atomic E-state index is 0.366. The van der Waals surface area contributed by atoms with Gasteiger partial charge in [-0.3, -0.25) is 4.68 Å². The monoisotopic (exact) mass is 258 g/mol. The molecule has 19 heavy (non-hydrogen) atoms. The van der Waals surface area contributed by atoms with Crippen molar-refractivity contribution in [3.8, 4) is 5.75 Å². The first-order chi connectivity index (χ1) is 9.36. The predicted molar refractivity (Wildman–Crippen MR) is 72.1 cm³/mol. The Morgan fingerprint density at radius 2 is 2.32 bits per heavy atom. The van der Waals surface area contributed by atoms with Gasteiger partial charge in [-0.25, -0.2) is 0 Å². The summed E-state index contributed by atoms with van der Waals surface area (Å²) in [5.41, 5.74) is 2.25. The molecule has 0 bridgehead atoms. The maximum Gasteiger partial charge on any atom is 0.122 e. The summed E-state index contributed by atoms with van der Waals surface area (Å²) < 4.78 is 7.59. The Hall–Kier alpha value is -1.88. The smallest absolute Gasteiger partial charge is 0.122 e. The number of ether oxygens (including phenoxy) is 1. The molecule has 1 aromatic carbocycles. The highest BCUT2D eigenvalue weighted by molar-refractivity contribution is 5.39. The van der Waals surface area contributed by atoms with Crippen molar-refractivity contribution in [2.75, 3.05) is 13.2 Å². The molecule has 2 aromatic rings. The van der Waals surface area contributed by atoms with E-state index in [1.807, 2.05) is 23.0 Å². The van der Waals surface area contributed by atoms with E-state index < -0.39 is 0 Å². The molecule has 1 aliphatic heterocycles. The average molecular weight is 258 g/mol. The van der Waals surface area contributed by atoms with Gasteiger partial charge in [-0.2, -0.15) is 0 Å². The SMILES string of the molecule is CCNCc1cn(CC2COc3ccccc32)nn1. The first kappa shape index (κ1) is 12.2. The van der Waals surface area contributed by atoms with Gasteiger partial charge in [0.1, 0.15) is 5.75 Å². The van der Waals surface area contributed by atoms with Gasteiger partial charge in [-0.1, -0.05) is 30.3 Å². The van der Waals surface area contributed by atoms with Gasteiger partial charge in [0.2, 0.25) is 0 Å². The van der Waals surface area contributed by atoms with Crippen molar-refractivity contribution >= 4 is 0 Å². The first-order valence-electron chi connectivity index (χ1n) is 6.68. The third-order valence-corrected chi connectivity index (χ3v) is 3.35. The van der Waals surface area contributed by atoms with Gasteiger partial charge in [0.15, 0.2) is 0 Å². The maximum absolute atomic E-state index is 5.68. The van der Waals surface area contributed by atoms with Gasteiger partial charge in [0.25, 0.3) is 0 Å². The number of para-hydroxylation sites is 1. The van der Waals surface area contributed by atoms with Crippen LogP contribution in [-0.2, 0) is 13.1 Å². The van der Waals surface area contributed by atoms with Gasteiger partial charge in [-0.15, -0.1) is 5.10 Å². The third-order valence-electron chi connectivity index (χ3n) is 3.35. The molecule has 1 unspecified atom stereocenters. The summed E-state index contributed by atoms with van der Waals surface area (Å²) in [5.74, 6) is 1.37. The van der Waals surface area contributed by atoms with Gasteiger partial charge >= 0.3 is 0 Å². The van der Waals surface area contributed by atoms with E-state index in [0.717, 1.165) is 37.7 Å². The molecule has 1 aliphatic rings. The van der Waals surface area contributed by atoms with E-state index in [1.165, 1.54) is 5.56 Å². The number of hydrogen-bond acceptors (Lipinski definition) is 4. The Labute approximate surface area is 112 Å². The lowest BCUT2D eigenvalue weighted by atomic mass is 10.0.